The van der Waals surface area contributed by atoms with Gasteiger partial charge in [0.1, 0.15) is 16.7 Å². The van der Waals surface area contributed by atoms with Gasteiger partial charge in [-0.3, -0.25) is 0 Å². The van der Waals surface area contributed by atoms with Gasteiger partial charge in [-0.15, -0.1) is 0 Å². The predicted octanol–water partition coefficient (Wildman–Crippen LogP) is 16.6. The summed E-state index contributed by atoms with van der Waals surface area (Å²) in [4.78, 5) is 7.82. The number of anilines is 8. The molecule has 1 aliphatic carbocycles. The fourth-order valence-electron chi connectivity index (χ4n) is 14.0. The van der Waals surface area contributed by atoms with Gasteiger partial charge in [0, 0.05) is 72.8 Å². The van der Waals surface area contributed by atoms with E-state index in [9.17, 15) is 0 Å². The highest BCUT2D eigenvalue weighted by molar-refractivity contribution is 7.00. The Morgan fingerprint density at radius 1 is 0.479 bits per heavy atom. The SMILES string of the molecule is Cc1cc2c3c(c1)N(c1cccc4c1oc1ccccc14)c1cc(N4c5ccc(-c6ccccc6)cc5C5(C)CCCCC45C)ccc1B3c1ccc(C(C)(C)C)cc1N2c1ccc2c(c1)oc1ccccc12. The highest BCUT2D eigenvalue weighted by atomic mass is 16.3. The van der Waals surface area contributed by atoms with Crippen LogP contribution in [-0.4, -0.2) is 12.3 Å². The van der Waals surface area contributed by atoms with Gasteiger partial charge >= 0.3 is 0 Å². The second kappa shape index (κ2) is 15.1. The van der Waals surface area contributed by atoms with E-state index in [2.05, 4.69) is 238 Å². The van der Waals surface area contributed by atoms with Crippen LogP contribution in [0.5, 0.6) is 0 Å². The summed E-state index contributed by atoms with van der Waals surface area (Å²) < 4.78 is 13.6. The van der Waals surface area contributed by atoms with Crippen LogP contribution in [0, 0.1) is 6.92 Å². The largest absolute Gasteiger partial charge is 0.456 e. The summed E-state index contributed by atoms with van der Waals surface area (Å²) in [6.07, 6.45) is 4.71. The van der Waals surface area contributed by atoms with Crippen LogP contribution in [0.2, 0.25) is 0 Å². The first-order valence-electron chi connectivity index (χ1n) is 26.3. The molecule has 73 heavy (non-hydrogen) atoms. The Bertz CT molecular complexity index is 4120. The lowest BCUT2D eigenvalue weighted by Gasteiger charge is -2.50. The van der Waals surface area contributed by atoms with Crippen molar-refractivity contribution >= 4 is 112 Å². The normalized spacial score (nSPS) is 18.9. The van der Waals surface area contributed by atoms with E-state index in [1.165, 1.54) is 91.2 Å². The summed E-state index contributed by atoms with van der Waals surface area (Å²) in [5.74, 6) is 0. The summed E-state index contributed by atoms with van der Waals surface area (Å²) >= 11 is 0. The zero-order valence-electron chi connectivity index (χ0n) is 42.4. The number of hydrogen-bond acceptors (Lipinski definition) is 5. The Morgan fingerprint density at radius 2 is 1.14 bits per heavy atom. The minimum atomic E-state index is -0.140. The Hall–Kier alpha value is -7.96. The molecule has 11 aromatic rings. The van der Waals surface area contributed by atoms with E-state index in [0.29, 0.717) is 0 Å². The van der Waals surface area contributed by atoms with Gasteiger partial charge in [0.15, 0.2) is 5.58 Å². The average Bonchev–Trinajstić information content (AvgIpc) is 4.04. The average molecular weight is 946 g/mol. The molecular formula is C67H56BN3O2. The maximum atomic E-state index is 7.00. The number of fused-ring (bicyclic) bond motifs is 13. The van der Waals surface area contributed by atoms with Crippen molar-refractivity contribution in [3.8, 4) is 11.1 Å². The summed E-state index contributed by atoms with van der Waals surface area (Å²) in [7, 11) is 0. The van der Waals surface area contributed by atoms with Crippen LogP contribution in [0.25, 0.3) is 55.0 Å². The van der Waals surface area contributed by atoms with Crippen molar-refractivity contribution in [2.45, 2.75) is 83.6 Å². The first-order valence-corrected chi connectivity index (χ1v) is 26.3. The zero-order chi connectivity index (χ0) is 49.1. The number of para-hydroxylation sites is 3. The molecule has 0 saturated heterocycles. The van der Waals surface area contributed by atoms with E-state index < -0.39 is 0 Å². The molecule has 0 radical (unpaired) electrons. The minimum absolute atomic E-state index is 0.0403. The minimum Gasteiger partial charge on any atom is -0.456 e. The third kappa shape index (κ3) is 5.92. The molecule has 5 nitrogen and oxygen atoms in total. The Balaban J connectivity index is 1.00. The van der Waals surface area contributed by atoms with E-state index in [1.54, 1.807) is 0 Å². The van der Waals surface area contributed by atoms with E-state index in [1.807, 2.05) is 0 Å². The molecule has 9 aromatic carbocycles. The van der Waals surface area contributed by atoms with E-state index in [0.717, 1.165) is 68.1 Å². The molecule has 1 fully saturated rings. The molecule has 1 saturated carbocycles. The van der Waals surface area contributed by atoms with Crippen LogP contribution >= 0.6 is 0 Å². The molecule has 6 heteroatoms. The first kappa shape index (κ1) is 42.7. The molecule has 2 aromatic heterocycles. The smallest absolute Gasteiger partial charge is 0.252 e. The van der Waals surface area contributed by atoms with E-state index in [4.69, 9.17) is 8.83 Å². The third-order valence-corrected chi connectivity index (χ3v) is 17.8. The van der Waals surface area contributed by atoms with Gasteiger partial charge in [-0.1, -0.05) is 144 Å². The maximum absolute atomic E-state index is 7.00. The fraction of sp³-hybridized carbons (Fsp3) is 0.194. The Labute approximate surface area is 427 Å². The molecule has 0 amide bonds. The third-order valence-electron chi connectivity index (χ3n) is 17.8. The van der Waals surface area contributed by atoms with Crippen LogP contribution < -0.4 is 31.1 Å². The summed E-state index contributed by atoms with van der Waals surface area (Å²) in [5, 5.41) is 4.49. The predicted molar refractivity (Wildman–Crippen MR) is 307 cm³/mol. The van der Waals surface area contributed by atoms with E-state index in [-0.39, 0.29) is 23.1 Å². The van der Waals surface area contributed by atoms with Crippen molar-refractivity contribution < 1.29 is 8.83 Å². The van der Waals surface area contributed by atoms with Crippen molar-refractivity contribution in [1.29, 1.82) is 0 Å². The highest BCUT2D eigenvalue weighted by Crippen LogP contribution is 2.62. The van der Waals surface area contributed by atoms with Crippen molar-refractivity contribution in [2.75, 3.05) is 14.7 Å². The van der Waals surface area contributed by atoms with Crippen molar-refractivity contribution in [3.63, 3.8) is 0 Å². The number of furan rings is 2. The number of hydrogen-bond donors (Lipinski definition) is 0. The van der Waals surface area contributed by atoms with Gasteiger partial charge in [0.05, 0.1) is 11.2 Å². The molecule has 15 rings (SSSR count). The highest BCUT2D eigenvalue weighted by Gasteiger charge is 2.58. The van der Waals surface area contributed by atoms with E-state index >= 15 is 0 Å². The summed E-state index contributed by atoms with van der Waals surface area (Å²) in [5.41, 5.74) is 23.0. The molecule has 0 N–H and O–H groups in total. The van der Waals surface area contributed by atoms with Gasteiger partial charge in [0.2, 0.25) is 0 Å². The summed E-state index contributed by atoms with van der Waals surface area (Å²) in [6, 6.07) is 68.1. The van der Waals surface area contributed by atoms with Crippen LogP contribution in [0.4, 0.5) is 45.5 Å². The number of nitrogens with zero attached hydrogens (tertiary/aromatic N) is 3. The van der Waals surface area contributed by atoms with Gasteiger partial charge in [0.25, 0.3) is 6.71 Å². The van der Waals surface area contributed by atoms with Gasteiger partial charge in [-0.25, -0.2) is 0 Å². The monoisotopic (exact) mass is 945 g/mol. The molecule has 0 spiro atoms. The molecule has 5 heterocycles. The van der Waals surface area contributed by atoms with Crippen LogP contribution in [-0.2, 0) is 10.8 Å². The zero-order valence-corrected chi connectivity index (χ0v) is 42.4. The van der Waals surface area contributed by atoms with Crippen molar-refractivity contribution in [3.05, 3.63) is 199 Å². The second-order valence-electron chi connectivity index (χ2n) is 22.9. The number of benzene rings is 9. The van der Waals surface area contributed by atoms with Crippen LogP contribution in [0.3, 0.4) is 0 Å². The molecule has 3 aliphatic heterocycles. The summed E-state index contributed by atoms with van der Waals surface area (Å²) in [6.45, 7) is 14.3. The molecule has 354 valence electrons. The molecule has 2 atom stereocenters. The number of aryl methyl sites for hydroxylation is 1. The topological polar surface area (TPSA) is 36.0 Å². The quantitative estimate of drug-likeness (QED) is 0.164. The lowest BCUT2D eigenvalue weighted by molar-refractivity contribution is 0.195. The van der Waals surface area contributed by atoms with Crippen molar-refractivity contribution in [2.24, 2.45) is 0 Å². The Morgan fingerprint density at radius 3 is 1.93 bits per heavy atom. The van der Waals surface area contributed by atoms with Crippen molar-refractivity contribution in [1.82, 2.24) is 0 Å². The Kier molecular flexibility index (Phi) is 8.80. The molecule has 0 bridgehead atoms. The molecular weight excluding hydrogens is 890 g/mol. The lowest BCUT2D eigenvalue weighted by Crippen LogP contribution is -2.61. The van der Waals surface area contributed by atoms with Crippen LogP contribution in [0.1, 0.15) is 77.0 Å². The maximum Gasteiger partial charge on any atom is 0.252 e. The second-order valence-corrected chi connectivity index (χ2v) is 22.9. The fourth-order valence-corrected chi connectivity index (χ4v) is 14.0. The standard InChI is InChI=1S/C67H56BN3O2/c1-41-35-58-63-59(36-41)70(55-22-16-21-50-48-20-11-13-24-61(48)73-64(50)55)57-39-46(71-54-32-25-43(42-17-8-7-9-18-42)37-51(54)66(5)33-14-15-34-67(66,71)6)28-31-53(57)68(63)52-30-26-44(65(2,3)4)38-56(52)69(58)45-27-29-49-47-19-10-12-23-60(47)72-62(49)40-45/h7-13,16-32,35-40H,14-15,33-34H2,1-6H3. The molecule has 2 unspecified atom stereocenters. The lowest BCUT2D eigenvalue weighted by atomic mass is 9.33. The van der Waals surface area contributed by atoms with Gasteiger partial charge < -0.3 is 23.5 Å². The van der Waals surface area contributed by atoms with Crippen LogP contribution in [0.15, 0.2) is 191 Å². The molecule has 4 aliphatic rings. The van der Waals surface area contributed by atoms with Gasteiger partial charge in [-0.2, -0.15) is 0 Å². The first-order chi connectivity index (χ1) is 35.5. The van der Waals surface area contributed by atoms with Gasteiger partial charge in [-0.05, 0) is 149 Å². The number of rotatable bonds is 4.